The van der Waals surface area contributed by atoms with Crippen molar-refractivity contribution in [2.24, 2.45) is 0 Å². The summed E-state index contributed by atoms with van der Waals surface area (Å²) in [5.74, 6) is 5.06. The number of hydrogen-bond donors (Lipinski definition) is 0. The second-order valence-corrected chi connectivity index (χ2v) is 13.9. The molecule has 0 unspecified atom stereocenters. The van der Waals surface area contributed by atoms with Crippen LogP contribution in [0.15, 0.2) is 73.1 Å². The molecule has 41 heavy (non-hydrogen) atoms. The normalized spacial score (nSPS) is 11.5. The Kier molecular flexibility index (Phi) is 9.92. The van der Waals surface area contributed by atoms with Gasteiger partial charge in [-0.2, -0.15) is 0 Å². The summed E-state index contributed by atoms with van der Waals surface area (Å²) in [4.78, 5) is 11.7. The van der Waals surface area contributed by atoms with E-state index < -0.39 is 19.3 Å². The van der Waals surface area contributed by atoms with Crippen LogP contribution in [0.3, 0.4) is 0 Å². The van der Waals surface area contributed by atoms with Crippen LogP contribution in [-0.4, -0.2) is 14.9 Å². The Balaban J connectivity index is 2.07. The molecule has 0 aliphatic heterocycles. The van der Waals surface area contributed by atoms with Gasteiger partial charge in [0.15, 0.2) is 0 Å². The molecule has 1 heterocycles. The average molecular weight is 729 g/mol. The zero-order valence-electron chi connectivity index (χ0n) is 25.8. The topological polar surface area (TPSA) is 26.9 Å². The van der Waals surface area contributed by atoms with E-state index in [9.17, 15) is 4.79 Å². The van der Waals surface area contributed by atoms with Crippen LogP contribution in [0.4, 0.5) is 0 Å². The SMILES string of the molecule is CC(=O)c1ccc(C#[C][Au]=[c]2n(-c3c(C(C)C)cccc3C(C)C)ccn2-c2c(C(C)C)cccc2C(C)C)cc1. The second kappa shape index (κ2) is 13.2. The molecule has 1 aromatic heterocycles. The number of rotatable bonds is 7. The molecule has 0 saturated heterocycles. The van der Waals surface area contributed by atoms with E-state index in [0.717, 1.165) is 5.56 Å². The number of carbonyl (C=O) groups is 1. The van der Waals surface area contributed by atoms with Gasteiger partial charge in [-0.25, -0.2) is 0 Å². The van der Waals surface area contributed by atoms with E-state index in [2.05, 4.69) is 123 Å². The summed E-state index contributed by atoms with van der Waals surface area (Å²) >= 11 is -0.560. The van der Waals surface area contributed by atoms with Crippen molar-refractivity contribution in [2.45, 2.75) is 86.0 Å². The Morgan fingerprint density at radius 1 is 0.634 bits per heavy atom. The third kappa shape index (κ3) is 6.68. The van der Waals surface area contributed by atoms with E-state index in [0.29, 0.717) is 29.2 Å². The number of para-hydroxylation sites is 2. The third-order valence-corrected chi connectivity index (χ3v) is 9.54. The van der Waals surface area contributed by atoms with Gasteiger partial charge in [-0.3, -0.25) is 0 Å². The molecule has 0 bridgehead atoms. The van der Waals surface area contributed by atoms with Crippen LogP contribution in [0.2, 0.25) is 0 Å². The number of benzene rings is 3. The van der Waals surface area contributed by atoms with Gasteiger partial charge in [0.25, 0.3) is 0 Å². The van der Waals surface area contributed by atoms with Crippen molar-refractivity contribution in [1.82, 2.24) is 9.13 Å². The van der Waals surface area contributed by atoms with E-state index in [1.807, 2.05) is 24.3 Å². The number of imidazole rings is 1. The van der Waals surface area contributed by atoms with Gasteiger partial charge < -0.3 is 0 Å². The molecule has 0 amide bonds. The van der Waals surface area contributed by atoms with Crippen LogP contribution in [-0.2, 0) is 19.3 Å². The fourth-order valence-electron chi connectivity index (χ4n) is 5.21. The predicted molar refractivity (Wildman–Crippen MR) is 168 cm³/mol. The van der Waals surface area contributed by atoms with E-state index >= 15 is 0 Å². The summed E-state index contributed by atoms with van der Waals surface area (Å²) < 4.78 is 9.69. The van der Waals surface area contributed by atoms with E-state index in [1.165, 1.54) is 37.3 Å². The van der Waals surface area contributed by atoms with Gasteiger partial charge in [0, 0.05) is 0 Å². The average Bonchev–Trinajstić information content (AvgIpc) is 3.35. The van der Waals surface area contributed by atoms with Gasteiger partial charge >= 0.3 is 256 Å². The number of carbonyl (C=O) groups excluding carboxylic acids is 1. The van der Waals surface area contributed by atoms with Crippen LogP contribution in [0.5, 0.6) is 0 Å². The quantitative estimate of drug-likeness (QED) is 0.106. The van der Waals surface area contributed by atoms with Gasteiger partial charge in [-0.1, -0.05) is 0 Å². The second-order valence-electron chi connectivity index (χ2n) is 11.9. The molecule has 0 N–H and O–H groups in total. The van der Waals surface area contributed by atoms with Crippen molar-refractivity contribution >= 4 is 5.78 Å². The van der Waals surface area contributed by atoms with E-state index in [1.54, 1.807) is 6.92 Å². The van der Waals surface area contributed by atoms with Crippen molar-refractivity contribution < 1.29 is 24.1 Å². The molecule has 218 valence electrons. The molecule has 0 atom stereocenters. The van der Waals surface area contributed by atoms with Crippen LogP contribution < -0.4 is 0 Å². The maximum atomic E-state index is 11.7. The van der Waals surface area contributed by atoms with E-state index in [4.69, 9.17) is 0 Å². The Morgan fingerprint density at radius 3 is 1.37 bits per heavy atom. The van der Waals surface area contributed by atoms with Crippen molar-refractivity contribution in [1.29, 1.82) is 0 Å². The molecule has 0 aliphatic rings. The summed E-state index contributed by atoms with van der Waals surface area (Å²) in [5, 5.41) is 0. The van der Waals surface area contributed by atoms with Gasteiger partial charge in [0.1, 0.15) is 0 Å². The zero-order valence-corrected chi connectivity index (χ0v) is 28.0. The fourth-order valence-corrected chi connectivity index (χ4v) is 7.23. The minimum atomic E-state index is -0.560. The maximum absolute atomic E-state index is 11.7. The van der Waals surface area contributed by atoms with Crippen molar-refractivity contribution in [3.05, 3.63) is 110 Å². The van der Waals surface area contributed by atoms with E-state index in [-0.39, 0.29) is 5.78 Å². The summed E-state index contributed by atoms with van der Waals surface area (Å²) in [6.45, 7) is 19.8. The molecule has 0 fully saturated rings. The molecular formula is C37H43AuN2O. The first kappa shape index (κ1) is 30.8. The number of ketones is 1. The Labute approximate surface area is 255 Å². The number of hydrogen-bond acceptors (Lipinski definition) is 1. The molecule has 0 aliphatic carbocycles. The minimum absolute atomic E-state index is 0.0736. The van der Waals surface area contributed by atoms with Gasteiger partial charge in [0.2, 0.25) is 0 Å². The van der Waals surface area contributed by atoms with Gasteiger partial charge in [-0.05, 0) is 0 Å². The molecule has 4 rings (SSSR count). The van der Waals surface area contributed by atoms with Crippen LogP contribution in [0.1, 0.15) is 124 Å². The summed E-state index contributed by atoms with van der Waals surface area (Å²) in [5.41, 5.74) is 9.67. The molecular weight excluding hydrogens is 685 g/mol. The first-order valence-electron chi connectivity index (χ1n) is 14.6. The molecule has 0 spiro atoms. The van der Waals surface area contributed by atoms with Crippen molar-refractivity contribution in [3.8, 4) is 21.4 Å². The van der Waals surface area contributed by atoms with Gasteiger partial charge in [0.05, 0.1) is 0 Å². The van der Waals surface area contributed by atoms with Crippen molar-refractivity contribution in [3.63, 3.8) is 0 Å². The van der Waals surface area contributed by atoms with Gasteiger partial charge in [-0.15, -0.1) is 0 Å². The third-order valence-electron chi connectivity index (χ3n) is 7.47. The predicted octanol–water partition coefficient (Wildman–Crippen LogP) is 9.59. The summed E-state index contributed by atoms with van der Waals surface area (Å²) in [6, 6.07) is 21.2. The van der Waals surface area contributed by atoms with Crippen LogP contribution in [0.25, 0.3) is 11.4 Å². The first-order chi connectivity index (χ1) is 19.5. The molecule has 3 aromatic carbocycles. The molecule has 4 heteroatoms. The zero-order chi connectivity index (χ0) is 29.8. The number of nitrogens with zero attached hydrogens (tertiary/aromatic N) is 2. The Bertz CT molecular complexity index is 1530. The Hall–Kier alpha value is -3.16. The first-order valence-corrected chi connectivity index (χ1v) is 16.7. The number of Topliss-reactive ketones (excluding diaryl/α,β-unsaturated/α-hetero) is 1. The molecule has 0 radical (unpaired) electrons. The fraction of sp³-hybridized carbons (Fsp3) is 0.351. The monoisotopic (exact) mass is 728 g/mol. The Morgan fingerprint density at radius 2 is 1.02 bits per heavy atom. The molecule has 0 saturated carbocycles. The van der Waals surface area contributed by atoms with Crippen LogP contribution in [0, 0.1) is 13.7 Å². The molecule has 3 nitrogen and oxygen atoms in total. The number of aromatic nitrogens is 2. The molecule has 4 aromatic rings. The standard InChI is InChI=1S/C27H36N2.C10H7O.Au/c1-18(2)22-11-9-12-23(19(3)4)26(22)28-15-16-29(17-28)27-24(20(5)6)13-10-14-25(27)21(7)8;1-3-9-4-6-10(7-5-9)8(2)11;/h9-16,18-21H,1-8H3;4-7H,2H3;. The van der Waals surface area contributed by atoms with Crippen LogP contribution >= 0.6 is 0 Å². The summed E-state index contributed by atoms with van der Waals surface area (Å²) in [7, 11) is 0. The summed E-state index contributed by atoms with van der Waals surface area (Å²) in [6.07, 6.45) is 4.51. The van der Waals surface area contributed by atoms with Crippen molar-refractivity contribution in [2.75, 3.05) is 0 Å².